The fraction of sp³-hybridized carbons (Fsp3) is 0.286. The molecule has 1 heteroatoms. The molecule has 1 aliphatic rings. The standard InChI is InChI=1S/C14H13F/c1-2-11-7-8-12(9-10-15)14-6-4-3-5-13(11)14/h3-8,11-12H,2H2,1H3. The topological polar surface area (TPSA) is 0 Å². The minimum Gasteiger partial charge on any atom is -0.144 e. The van der Waals surface area contributed by atoms with Crippen molar-refractivity contribution in [2.75, 3.05) is 0 Å². The van der Waals surface area contributed by atoms with Crippen molar-refractivity contribution in [1.82, 2.24) is 0 Å². The summed E-state index contributed by atoms with van der Waals surface area (Å²) in [6.07, 6.45) is 6.72. The van der Waals surface area contributed by atoms with Crippen LogP contribution in [-0.4, -0.2) is 0 Å². The molecule has 0 bridgehead atoms. The number of allylic oxidation sites excluding steroid dienone is 2. The summed E-state index contributed by atoms with van der Waals surface area (Å²) in [7, 11) is 0. The van der Waals surface area contributed by atoms with E-state index in [2.05, 4.69) is 25.0 Å². The Bertz CT molecular complexity index is 434. The van der Waals surface area contributed by atoms with Gasteiger partial charge in [-0.05, 0) is 17.5 Å². The Hall–Kier alpha value is -1.55. The van der Waals surface area contributed by atoms with Crippen molar-refractivity contribution in [2.24, 2.45) is 0 Å². The fourth-order valence-corrected chi connectivity index (χ4v) is 2.13. The second-order valence-electron chi connectivity index (χ2n) is 3.75. The zero-order valence-electron chi connectivity index (χ0n) is 8.70. The smallest absolute Gasteiger partial charge is 0.106 e. The lowest BCUT2D eigenvalue weighted by atomic mass is 9.81. The average molecular weight is 200 g/mol. The normalized spacial score (nSPS) is 22.8. The predicted octanol–water partition coefficient (Wildman–Crippen LogP) is 3.76. The SMILES string of the molecule is CCC1C=CC(C#CF)c2ccccc21. The van der Waals surface area contributed by atoms with Gasteiger partial charge in [0.1, 0.15) is 6.17 Å². The highest BCUT2D eigenvalue weighted by Crippen LogP contribution is 2.34. The second kappa shape index (κ2) is 4.31. The Morgan fingerprint density at radius 3 is 2.60 bits per heavy atom. The van der Waals surface area contributed by atoms with Gasteiger partial charge in [-0.1, -0.05) is 49.3 Å². The molecule has 76 valence electrons. The molecule has 0 amide bonds. The van der Waals surface area contributed by atoms with Gasteiger partial charge in [-0.15, -0.1) is 4.39 Å². The number of halogens is 1. The first-order valence-electron chi connectivity index (χ1n) is 5.25. The van der Waals surface area contributed by atoms with E-state index in [4.69, 9.17) is 0 Å². The van der Waals surface area contributed by atoms with Crippen molar-refractivity contribution in [3.63, 3.8) is 0 Å². The van der Waals surface area contributed by atoms with Crippen molar-refractivity contribution in [1.29, 1.82) is 0 Å². The lowest BCUT2D eigenvalue weighted by Gasteiger charge is -2.22. The van der Waals surface area contributed by atoms with Gasteiger partial charge in [-0.2, -0.15) is 0 Å². The Balaban J connectivity index is 2.47. The molecule has 15 heavy (non-hydrogen) atoms. The largest absolute Gasteiger partial charge is 0.144 e. The third-order valence-electron chi connectivity index (χ3n) is 2.92. The highest BCUT2D eigenvalue weighted by Gasteiger charge is 2.19. The molecule has 0 fully saturated rings. The van der Waals surface area contributed by atoms with Crippen LogP contribution in [0.4, 0.5) is 4.39 Å². The van der Waals surface area contributed by atoms with Gasteiger partial charge in [0.15, 0.2) is 0 Å². The molecule has 0 aromatic heterocycles. The molecule has 0 spiro atoms. The van der Waals surface area contributed by atoms with Gasteiger partial charge in [0.2, 0.25) is 0 Å². The van der Waals surface area contributed by atoms with E-state index in [0.29, 0.717) is 5.92 Å². The first-order chi connectivity index (χ1) is 7.36. The number of hydrogen-bond acceptors (Lipinski definition) is 0. The molecule has 1 aromatic carbocycles. The zero-order valence-corrected chi connectivity index (χ0v) is 8.70. The summed E-state index contributed by atoms with van der Waals surface area (Å²) in [6.45, 7) is 2.16. The Morgan fingerprint density at radius 2 is 1.93 bits per heavy atom. The van der Waals surface area contributed by atoms with E-state index < -0.39 is 0 Å². The summed E-state index contributed by atoms with van der Waals surface area (Å²) >= 11 is 0. The minimum atomic E-state index is -0.0750. The third-order valence-corrected chi connectivity index (χ3v) is 2.92. The van der Waals surface area contributed by atoms with Gasteiger partial charge in [0.05, 0.1) is 5.92 Å². The number of hydrogen-bond donors (Lipinski definition) is 0. The monoisotopic (exact) mass is 200 g/mol. The van der Waals surface area contributed by atoms with Gasteiger partial charge in [0.25, 0.3) is 0 Å². The lowest BCUT2D eigenvalue weighted by Crippen LogP contribution is -2.07. The van der Waals surface area contributed by atoms with Gasteiger partial charge in [-0.3, -0.25) is 0 Å². The van der Waals surface area contributed by atoms with Crippen molar-refractivity contribution < 1.29 is 4.39 Å². The molecule has 0 radical (unpaired) electrons. The highest BCUT2D eigenvalue weighted by molar-refractivity contribution is 5.45. The van der Waals surface area contributed by atoms with Crippen LogP contribution in [0.5, 0.6) is 0 Å². The van der Waals surface area contributed by atoms with E-state index in [1.54, 1.807) is 0 Å². The van der Waals surface area contributed by atoms with Crippen LogP contribution < -0.4 is 0 Å². The molecule has 0 heterocycles. The average Bonchev–Trinajstić information content (AvgIpc) is 2.30. The van der Waals surface area contributed by atoms with Crippen molar-refractivity contribution in [3.8, 4) is 12.1 Å². The molecule has 1 aromatic rings. The first kappa shape index (κ1) is 9.98. The lowest BCUT2D eigenvalue weighted by molar-refractivity contribution is 0.756. The number of fused-ring (bicyclic) bond motifs is 1. The molecule has 0 nitrogen and oxygen atoms in total. The summed E-state index contributed by atoms with van der Waals surface area (Å²) in [5.41, 5.74) is 2.44. The summed E-state index contributed by atoms with van der Waals surface area (Å²) < 4.78 is 12.1. The second-order valence-corrected chi connectivity index (χ2v) is 3.75. The molecule has 2 atom stereocenters. The van der Waals surface area contributed by atoms with Crippen LogP contribution in [0.25, 0.3) is 0 Å². The van der Waals surface area contributed by atoms with Crippen LogP contribution in [0.15, 0.2) is 36.4 Å². The Labute approximate surface area is 89.8 Å². The molecular formula is C14H13F. The van der Waals surface area contributed by atoms with Crippen LogP contribution in [0, 0.1) is 12.1 Å². The molecular weight excluding hydrogens is 187 g/mol. The maximum absolute atomic E-state index is 12.1. The molecule has 0 saturated carbocycles. The van der Waals surface area contributed by atoms with Gasteiger partial charge < -0.3 is 0 Å². The van der Waals surface area contributed by atoms with Crippen LogP contribution in [0.3, 0.4) is 0 Å². The summed E-state index contributed by atoms with van der Waals surface area (Å²) in [5.74, 6) is 2.96. The van der Waals surface area contributed by atoms with Crippen LogP contribution >= 0.6 is 0 Å². The van der Waals surface area contributed by atoms with Crippen molar-refractivity contribution in [3.05, 3.63) is 47.5 Å². The highest BCUT2D eigenvalue weighted by atomic mass is 19.1. The maximum atomic E-state index is 12.1. The first-order valence-corrected chi connectivity index (χ1v) is 5.25. The van der Waals surface area contributed by atoms with Gasteiger partial charge >= 0.3 is 0 Å². The third kappa shape index (κ3) is 1.80. The summed E-state index contributed by atoms with van der Waals surface area (Å²) in [5, 5.41) is 0. The molecule has 0 saturated heterocycles. The summed E-state index contributed by atoms with van der Waals surface area (Å²) in [4.78, 5) is 0. The van der Waals surface area contributed by atoms with Gasteiger partial charge in [-0.25, -0.2) is 0 Å². The quantitative estimate of drug-likeness (QED) is 0.478. The maximum Gasteiger partial charge on any atom is 0.106 e. The zero-order chi connectivity index (χ0) is 10.7. The van der Waals surface area contributed by atoms with Crippen LogP contribution in [0.2, 0.25) is 0 Å². The number of benzene rings is 1. The van der Waals surface area contributed by atoms with Gasteiger partial charge in [0, 0.05) is 5.92 Å². The molecule has 0 N–H and O–H groups in total. The van der Waals surface area contributed by atoms with E-state index in [9.17, 15) is 4.39 Å². The predicted molar refractivity (Wildman–Crippen MR) is 60.2 cm³/mol. The van der Waals surface area contributed by atoms with E-state index in [0.717, 1.165) is 12.0 Å². The molecule has 0 aliphatic heterocycles. The molecule has 2 rings (SSSR count). The number of rotatable bonds is 1. The van der Waals surface area contributed by atoms with Crippen LogP contribution in [-0.2, 0) is 0 Å². The molecule has 2 unspecified atom stereocenters. The summed E-state index contributed by atoms with van der Waals surface area (Å²) in [6, 6.07) is 8.16. The Kier molecular flexibility index (Phi) is 2.87. The minimum absolute atomic E-state index is 0.0750. The Morgan fingerprint density at radius 1 is 1.20 bits per heavy atom. The van der Waals surface area contributed by atoms with Crippen molar-refractivity contribution >= 4 is 0 Å². The fourth-order valence-electron chi connectivity index (χ4n) is 2.13. The molecule has 1 aliphatic carbocycles. The van der Waals surface area contributed by atoms with Crippen molar-refractivity contribution in [2.45, 2.75) is 25.2 Å². The van der Waals surface area contributed by atoms with E-state index >= 15 is 0 Å². The van der Waals surface area contributed by atoms with E-state index in [-0.39, 0.29) is 5.92 Å². The van der Waals surface area contributed by atoms with Crippen LogP contribution in [0.1, 0.15) is 36.3 Å². The van der Waals surface area contributed by atoms with E-state index in [1.807, 2.05) is 24.3 Å². The van der Waals surface area contributed by atoms with E-state index in [1.165, 1.54) is 11.7 Å².